The lowest BCUT2D eigenvalue weighted by Crippen LogP contribution is -2.38. The Morgan fingerprint density at radius 3 is 2.83 bits per heavy atom. The summed E-state index contributed by atoms with van der Waals surface area (Å²) in [4.78, 5) is 21.3. The normalized spacial score (nSPS) is 12.5. The number of aromatic nitrogens is 4. The highest BCUT2D eigenvalue weighted by Gasteiger charge is 2.31. The van der Waals surface area contributed by atoms with Crippen LogP contribution in [-0.2, 0) is 10.8 Å². The van der Waals surface area contributed by atoms with Crippen LogP contribution in [0.25, 0.3) is 11.2 Å². The second kappa shape index (κ2) is 4.05. The van der Waals surface area contributed by atoms with Crippen LogP contribution in [0.1, 0.15) is 13.8 Å². The molecule has 0 aromatic carbocycles. The molecule has 98 valence electrons. The van der Waals surface area contributed by atoms with Gasteiger partial charge in [-0.15, -0.1) is 0 Å². The van der Waals surface area contributed by atoms with Gasteiger partial charge in [0.05, 0.1) is 6.10 Å². The Balaban J connectivity index is 2.62. The van der Waals surface area contributed by atoms with Gasteiger partial charge in [-0.2, -0.15) is 4.98 Å². The van der Waals surface area contributed by atoms with Crippen LogP contribution in [0, 0.1) is 0 Å². The van der Waals surface area contributed by atoms with Gasteiger partial charge >= 0.3 is 6.10 Å². The molecule has 0 saturated carbocycles. The van der Waals surface area contributed by atoms with Gasteiger partial charge in [-0.3, -0.25) is 9.78 Å². The molecule has 2 rings (SSSR count). The van der Waals surface area contributed by atoms with Crippen molar-refractivity contribution in [3.05, 3.63) is 16.7 Å². The van der Waals surface area contributed by atoms with Crippen LogP contribution < -0.4 is 11.3 Å². The summed E-state index contributed by atoms with van der Waals surface area (Å²) in [5.74, 6) is -0.158. The van der Waals surface area contributed by atoms with Gasteiger partial charge in [-0.1, -0.05) is 0 Å². The summed E-state index contributed by atoms with van der Waals surface area (Å²) in [6, 6.07) is 0. The second-order valence-corrected chi connectivity index (χ2v) is 3.98. The van der Waals surface area contributed by atoms with Gasteiger partial charge in [-0.25, -0.2) is 9.55 Å². The number of H-pyrrole nitrogens is 1. The molecule has 9 nitrogen and oxygen atoms in total. The topological polar surface area (TPSA) is 139 Å². The third-order valence-electron chi connectivity index (χ3n) is 2.13. The first-order valence-electron chi connectivity index (χ1n) is 5.17. The average Bonchev–Trinajstić information content (AvgIpc) is 2.59. The fraction of sp³-hybridized carbons (Fsp3) is 0.444. The van der Waals surface area contributed by atoms with Crippen LogP contribution in [-0.4, -0.2) is 35.8 Å². The van der Waals surface area contributed by atoms with Gasteiger partial charge in [0, 0.05) is 0 Å². The molecule has 2 aromatic heterocycles. The van der Waals surface area contributed by atoms with E-state index in [1.54, 1.807) is 13.8 Å². The molecule has 0 atom stereocenters. The summed E-state index contributed by atoms with van der Waals surface area (Å²) >= 11 is 0. The first-order chi connectivity index (χ1) is 8.31. The molecule has 0 fully saturated rings. The second-order valence-electron chi connectivity index (χ2n) is 3.98. The molecular formula is C9H13N5O4. The Labute approximate surface area is 101 Å². The van der Waals surface area contributed by atoms with Crippen LogP contribution in [0.3, 0.4) is 0 Å². The Kier molecular flexibility index (Phi) is 2.81. The predicted molar refractivity (Wildman–Crippen MR) is 61.2 cm³/mol. The fourth-order valence-electron chi connectivity index (χ4n) is 1.51. The molecule has 0 aliphatic heterocycles. The minimum atomic E-state index is -2.66. The number of hydrogen-bond donors (Lipinski definition) is 4. The van der Waals surface area contributed by atoms with Gasteiger partial charge < -0.3 is 20.7 Å². The zero-order valence-electron chi connectivity index (χ0n) is 9.78. The standard InChI is InChI=1S/C9H13N5O4/c1-4(2)18-9(16,17)14-3-11-5-6(14)12-8(10)13-7(5)15/h3-4,16-17H,1-2H3,(H3,10,12,13,15). The minimum absolute atomic E-state index is 0.0657. The number of nitrogens with one attached hydrogen (secondary N) is 1. The highest BCUT2D eigenvalue weighted by molar-refractivity contribution is 5.70. The lowest BCUT2D eigenvalue weighted by molar-refractivity contribution is -0.407. The predicted octanol–water partition coefficient (Wildman–Crippen LogP) is -1.32. The van der Waals surface area contributed by atoms with E-state index in [0.29, 0.717) is 0 Å². The van der Waals surface area contributed by atoms with Crippen molar-refractivity contribution in [3.63, 3.8) is 0 Å². The van der Waals surface area contributed by atoms with E-state index < -0.39 is 17.8 Å². The Bertz CT molecular complexity index is 629. The molecule has 0 radical (unpaired) electrons. The zero-order valence-corrected chi connectivity index (χ0v) is 9.78. The number of nitrogens with zero attached hydrogens (tertiary/aromatic N) is 3. The van der Waals surface area contributed by atoms with Gasteiger partial charge in [0.1, 0.15) is 6.33 Å². The minimum Gasteiger partial charge on any atom is -0.369 e. The molecule has 0 spiro atoms. The highest BCUT2D eigenvalue weighted by Crippen LogP contribution is 2.18. The van der Waals surface area contributed by atoms with Crippen molar-refractivity contribution in [3.8, 4) is 0 Å². The van der Waals surface area contributed by atoms with Gasteiger partial charge in [0.25, 0.3) is 5.56 Å². The SMILES string of the molecule is CC(C)OC(O)(O)n1cnc2c(=O)[nH]c(N)nc21. The summed E-state index contributed by atoms with van der Waals surface area (Å²) in [6.45, 7) is 3.24. The van der Waals surface area contributed by atoms with E-state index in [0.717, 1.165) is 10.9 Å². The Morgan fingerprint density at radius 1 is 1.56 bits per heavy atom. The third-order valence-corrected chi connectivity index (χ3v) is 2.13. The summed E-state index contributed by atoms with van der Waals surface area (Å²) < 4.78 is 5.72. The summed E-state index contributed by atoms with van der Waals surface area (Å²) in [7, 11) is 0. The van der Waals surface area contributed by atoms with E-state index in [9.17, 15) is 15.0 Å². The largest absolute Gasteiger partial charge is 0.378 e. The van der Waals surface area contributed by atoms with Crippen molar-refractivity contribution in [1.82, 2.24) is 19.5 Å². The summed E-state index contributed by atoms with van der Waals surface area (Å²) in [6.07, 6.45) is -2.08. The van der Waals surface area contributed by atoms with Crippen molar-refractivity contribution in [2.75, 3.05) is 5.73 Å². The average molecular weight is 255 g/mol. The van der Waals surface area contributed by atoms with Gasteiger partial charge in [-0.05, 0) is 13.8 Å². The van der Waals surface area contributed by atoms with Crippen molar-refractivity contribution in [1.29, 1.82) is 0 Å². The smallest absolute Gasteiger partial charge is 0.369 e. The monoisotopic (exact) mass is 255 g/mol. The van der Waals surface area contributed by atoms with E-state index in [4.69, 9.17) is 10.5 Å². The first kappa shape index (κ1) is 12.5. The van der Waals surface area contributed by atoms with Crippen molar-refractivity contribution >= 4 is 17.1 Å². The van der Waals surface area contributed by atoms with Crippen LogP contribution >= 0.6 is 0 Å². The van der Waals surface area contributed by atoms with Crippen LogP contribution in [0.15, 0.2) is 11.1 Å². The molecule has 0 aliphatic carbocycles. The highest BCUT2D eigenvalue weighted by atomic mass is 16.8. The van der Waals surface area contributed by atoms with E-state index in [2.05, 4.69) is 15.0 Å². The van der Waals surface area contributed by atoms with Crippen molar-refractivity contribution in [2.24, 2.45) is 0 Å². The molecule has 0 amide bonds. The van der Waals surface area contributed by atoms with Crippen LogP contribution in [0.5, 0.6) is 0 Å². The Hall–Kier alpha value is -1.97. The number of imidazole rings is 1. The molecule has 2 aromatic rings. The zero-order chi connectivity index (χ0) is 13.5. The molecule has 0 aliphatic rings. The molecule has 0 unspecified atom stereocenters. The lowest BCUT2D eigenvalue weighted by atomic mass is 10.5. The molecular weight excluding hydrogens is 242 g/mol. The maximum atomic E-state index is 11.5. The number of ether oxygens (including phenoxy) is 1. The Morgan fingerprint density at radius 2 is 2.22 bits per heavy atom. The van der Waals surface area contributed by atoms with Gasteiger partial charge in [0.2, 0.25) is 5.95 Å². The maximum Gasteiger partial charge on any atom is 0.378 e. The molecule has 0 bridgehead atoms. The van der Waals surface area contributed by atoms with Crippen LogP contribution in [0.2, 0.25) is 0 Å². The molecule has 5 N–H and O–H groups in total. The lowest BCUT2D eigenvalue weighted by Gasteiger charge is -2.24. The summed E-state index contributed by atoms with van der Waals surface area (Å²) in [5, 5.41) is 19.6. The number of hydrogen-bond acceptors (Lipinski definition) is 7. The summed E-state index contributed by atoms with van der Waals surface area (Å²) in [5.41, 5.74) is 4.67. The van der Waals surface area contributed by atoms with Gasteiger partial charge in [0.15, 0.2) is 11.2 Å². The van der Waals surface area contributed by atoms with Crippen molar-refractivity contribution in [2.45, 2.75) is 26.0 Å². The van der Waals surface area contributed by atoms with E-state index >= 15 is 0 Å². The maximum absolute atomic E-state index is 11.5. The molecule has 2 heterocycles. The van der Waals surface area contributed by atoms with Crippen LogP contribution in [0.4, 0.5) is 5.95 Å². The van der Waals surface area contributed by atoms with E-state index in [1.165, 1.54) is 0 Å². The van der Waals surface area contributed by atoms with E-state index in [-0.39, 0.29) is 17.1 Å². The molecule has 9 heteroatoms. The van der Waals surface area contributed by atoms with E-state index in [1.807, 2.05) is 0 Å². The number of nitrogen functional groups attached to an aromatic ring is 1. The third kappa shape index (κ3) is 2.06. The number of fused-ring (bicyclic) bond motifs is 1. The number of anilines is 1. The molecule has 0 saturated heterocycles. The number of nitrogens with two attached hydrogens (primary N) is 1. The quantitative estimate of drug-likeness (QED) is 0.498. The number of aromatic amines is 1. The van der Waals surface area contributed by atoms with Crippen molar-refractivity contribution < 1.29 is 14.9 Å². The number of aliphatic hydroxyl groups is 2. The first-order valence-corrected chi connectivity index (χ1v) is 5.17. The number of rotatable bonds is 3. The fourth-order valence-corrected chi connectivity index (χ4v) is 1.51. The molecule has 18 heavy (non-hydrogen) atoms.